The van der Waals surface area contributed by atoms with Crippen molar-refractivity contribution in [2.24, 2.45) is 0 Å². The number of para-hydroxylation sites is 2. The summed E-state index contributed by atoms with van der Waals surface area (Å²) in [7, 11) is 0. The van der Waals surface area contributed by atoms with Crippen LogP contribution in [0.4, 0.5) is 11.4 Å². The molecule has 3 aromatic rings. The van der Waals surface area contributed by atoms with E-state index in [-0.39, 0.29) is 10.6 Å². The Morgan fingerprint density at radius 3 is 2.58 bits per heavy atom. The minimum absolute atomic E-state index is 0.0751. The van der Waals surface area contributed by atoms with Crippen LogP contribution in [-0.2, 0) is 6.54 Å². The van der Waals surface area contributed by atoms with Crippen molar-refractivity contribution in [1.82, 2.24) is 10.5 Å². The van der Waals surface area contributed by atoms with Gasteiger partial charge in [0.1, 0.15) is 18.1 Å². The van der Waals surface area contributed by atoms with E-state index in [1.54, 1.807) is 18.4 Å². The summed E-state index contributed by atoms with van der Waals surface area (Å²) in [6.07, 6.45) is 3.82. The number of nitro benzene ring substituents is 1. The van der Waals surface area contributed by atoms with E-state index < -0.39 is 0 Å². The number of non-ortho nitro benzene ring substituents is 1. The summed E-state index contributed by atoms with van der Waals surface area (Å²) >= 11 is 0. The molecule has 1 heterocycles. The highest BCUT2D eigenvalue weighted by atomic mass is 16.6. The van der Waals surface area contributed by atoms with E-state index in [0.29, 0.717) is 25.0 Å². The predicted molar refractivity (Wildman–Crippen MR) is 117 cm³/mol. The molecule has 1 N–H and O–H groups in total. The summed E-state index contributed by atoms with van der Waals surface area (Å²) in [5.74, 6) is 1.44. The van der Waals surface area contributed by atoms with Gasteiger partial charge in [-0.25, -0.2) is 5.43 Å². The van der Waals surface area contributed by atoms with E-state index in [4.69, 9.17) is 9.15 Å². The van der Waals surface area contributed by atoms with Crippen LogP contribution >= 0.6 is 0 Å². The molecule has 0 amide bonds. The van der Waals surface area contributed by atoms with Crippen molar-refractivity contribution in [3.8, 4) is 5.75 Å². The molecule has 1 fully saturated rings. The molecule has 8 heteroatoms. The molecule has 0 bridgehead atoms. The number of ether oxygens (including phenoxy) is 1. The average molecular weight is 421 g/mol. The maximum Gasteiger partial charge on any atom is 0.269 e. The molecule has 1 aliphatic carbocycles. The van der Waals surface area contributed by atoms with Crippen molar-refractivity contribution in [1.29, 1.82) is 0 Å². The number of anilines is 1. The highest BCUT2D eigenvalue weighted by Crippen LogP contribution is 2.33. The van der Waals surface area contributed by atoms with Crippen molar-refractivity contribution in [3.63, 3.8) is 0 Å². The largest absolute Gasteiger partial charge is 0.492 e. The number of furan rings is 1. The number of nitro groups is 1. The minimum atomic E-state index is -0.390. The number of hydrogen-bond donors (Lipinski definition) is 1. The van der Waals surface area contributed by atoms with Gasteiger partial charge in [0.15, 0.2) is 0 Å². The number of nitrogens with zero attached hydrogens (tertiary/aromatic N) is 3. The van der Waals surface area contributed by atoms with Crippen LogP contribution in [0, 0.1) is 16.7 Å². The van der Waals surface area contributed by atoms with Gasteiger partial charge >= 0.3 is 0 Å². The second-order valence-corrected chi connectivity index (χ2v) is 7.27. The second kappa shape index (κ2) is 9.63. The Kier molecular flexibility index (Phi) is 6.49. The Balaban J connectivity index is 1.67. The predicted octanol–water partition coefficient (Wildman–Crippen LogP) is 4.69. The first-order valence-corrected chi connectivity index (χ1v) is 10.3. The van der Waals surface area contributed by atoms with Crippen LogP contribution in [0.1, 0.15) is 31.1 Å². The Labute approximate surface area is 181 Å². The molecule has 0 saturated heterocycles. The first-order chi connectivity index (χ1) is 15.1. The molecule has 0 aliphatic heterocycles. The molecule has 1 aliphatic rings. The first kappa shape index (κ1) is 20.9. The monoisotopic (exact) mass is 421 g/mol. The van der Waals surface area contributed by atoms with Crippen LogP contribution in [0.15, 0.2) is 71.3 Å². The van der Waals surface area contributed by atoms with E-state index >= 15 is 0 Å². The fourth-order valence-electron chi connectivity index (χ4n) is 3.18. The lowest BCUT2D eigenvalue weighted by molar-refractivity contribution is -0.384. The molecular weight excluding hydrogens is 396 g/mol. The molecule has 2 aromatic carbocycles. The second-order valence-electron chi connectivity index (χ2n) is 7.27. The van der Waals surface area contributed by atoms with Gasteiger partial charge < -0.3 is 9.15 Å². The van der Waals surface area contributed by atoms with Crippen LogP contribution < -0.4 is 15.2 Å². The summed E-state index contributed by atoms with van der Waals surface area (Å²) in [5, 5.41) is 15.0. The number of nitrogens with one attached hydrogen (secondary N) is 1. The third kappa shape index (κ3) is 5.42. The van der Waals surface area contributed by atoms with Crippen LogP contribution in [0.2, 0.25) is 0 Å². The van der Waals surface area contributed by atoms with Gasteiger partial charge in [-0.05, 0) is 49.6 Å². The van der Waals surface area contributed by atoms with Gasteiger partial charge in [0, 0.05) is 18.2 Å². The zero-order valence-corrected chi connectivity index (χ0v) is 17.3. The van der Waals surface area contributed by atoms with E-state index in [1.807, 2.05) is 60.0 Å². The lowest BCUT2D eigenvalue weighted by Crippen LogP contribution is -2.50. The quantitative estimate of drug-likeness (QED) is 0.355. The highest BCUT2D eigenvalue weighted by Gasteiger charge is 2.29. The number of rotatable bonds is 11. The minimum Gasteiger partial charge on any atom is -0.492 e. The van der Waals surface area contributed by atoms with Crippen LogP contribution in [0.5, 0.6) is 5.75 Å². The van der Waals surface area contributed by atoms with E-state index in [9.17, 15) is 10.1 Å². The zero-order valence-electron chi connectivity index (χ0n) is 17.3. The standard InChI is InChI=1S/C23H25N4O4/c1-2-30-23-8-4-3-7-22(23)25(17-21-6-5-15-31-21)26(24-19-11-12-19)16-18-9-13-20(14-10-18)27(28)29/h3-10,13-15,17,19,24H,2,11-12,16H2,1H3. The average Bonchev–Trinajstić information content (AvgIpc) is 3.44. The fraction of sp³-hybridized carbons (Fsp3) is 0.261. The highest BCUT2D eigenvalue weighted by molar-refractivity contribution is 5.59. The molecule has 8 nitrogen and oxygen atoms in total. The van der Waals surface area contributed by atoms with Gasteiger partial charge in [-0.3, -0.25) is 15.1 Å². The number of benzene rings is 2. The SMILES string of the molecule is CCOc1ccccc1N([CH]c1ccco1)N(Cc1ccc([N+](=O)[O-])cc1)NC1CC1. The summed E-state index contributed by atoms with van der Waals surface area (Å²) in [4.78, 5) is 10.6. The molecule has 0 atom stereocenters. The van der Waals surface area contributed by atoms with Crippen LogP contribution in [0.3, 0.4) is 0 Å². The summed E-state index contributed by atoms with van der Waals surface area (Å²) in [6, 6.07) is 18.5. The molecule has 0 spiro atoms. The molecule has 31 heavy (non-hydrogen) atoms. The van der Waals surface area contributed by atoms with Gasteiger partial charge in [-0.2, -0.15) is 5.12 Å². The van der Waals surface area contributed by atoms with E-state index in [0.717, 1.165) is 29.8 Å². The van der Waals surface area contributed by atoms with Gasteiger partial charge in [0.25, 0.3) is 5.69 Å². The molecule has 4 rings (SSSR count). The Morgan fingerprint density at radius 2 is 1.94 bits per heavy atom. The van der Waals surface area contributed by atoms with Gasteiger partial charge in [-0.15, -0.1) is 0 Å². The van der Waals surface area contributed by atoms with Gasteiger partial charge in [-0.1, -0.05) is 24.3 Å². The molecule has 161 valence electrons. The molecule has 1 radical (unpaired) electrons. The smallest absolute Gasteiger partial charge is 0.269 e. The Hall–Kier alpha value is -3.36. The lowest BCUT2D eigenvalue weighted by atomic mass is 10.2. The van der Waals surface area contributed by atoms with Crippen LogP contribution in [0.25, 0.3) is 0 Å². The maximum atomic E-state index is 11.0. The molecule has 1 saturated carbocycles. The van der Waals surface area contributed by atoms with Crippen LogP contribution in [-0.4, -0.2) is 22.7 Å². The Morgan fingerprint density at radius 1 is 1.16 bits per heavy atom. The van der Waals surface area contributed by atoms with Crippen molar-refractivity contribution in [2.45, 2.75) is 32.4 Å². The van der Waals surface area contributed by atoms with E-state index in [1.165, 1.54) is 12.1 Å². The molecule has 0 unspecified atom stereocenters. The van der Waals surface area contributed by atoms with Gasteiger partial charge in [0.05, 0.1) is 30.0 Å². The summed E-state index contributed by atoms with van der Waals surface area (Å²) in [6.45, 7) is 4.89. The molecule has 1 aromatic heterocycles. The van der Waals surface area contributed by atoms with E-state index in [2.05, 4.69) is 5.43 Å². The van der Waals surface area contributed by atoms with Crippen molar-refractivity contribution in [2.75, 3.05) is 11.6 Å². The third-order valence-corrected chi connectivity index (χ3v) is 4.85. The first-order valence-electron chi connectivity index (χ1n) is 10.3. The van der Waals surface area contributed by atoms with Crippen molar-refractivity contribution < 1.29 is 14.1 Å². The lowest BCUT2D eigenvalue weighted by Gasteiger charge is -2.37. The Bertz CT molecular complexity index is 987. The summed E-state index contributed by atoms with van der Waals surface area (Å²) in [5.41, 5.74) is 5.42. The maximum absolute atomic E-state index is 11.0. The molecular formula is C23H25N4O4. The number of hydrazine groups is 2. The summed E-state index contributed by atoms with van der Waals surface area (Å²) < 4.78 is 11.5. The third-order valence-electron chi connectivity index (χ3n) is 4.85. The zero-order chi connectivity index (χ0) is 21.6. The van der Waals surface area contributed by atoms with Gasteiger partial charge in [0.2, 0.25) is 0 Å². The van der Waals surface area contributed by atoms with Crippen molar-refractivity contribution >= 4 is 11.4 Å². The van der Waals surface area contributed by atoms with Crippen molar-refractivity contribution in [3.05, 3.63) is 94.9 Å². The fourth-order valence-corrected chi connectivity index (χ4v) is 3.18. The number of hydrogen-bond acceptors (Lipinski definition) is 7. The normalized spacial score (nSPS) is 13.4. The topological polar surface area (TPSA) is 84.0 Å².